The average Bonchev–Trinajstić information content (AvgIpc) is 2.83. The average molecular weight is 281 g/mol. The van der Waals surface area contributed by atoms with Crippen LogP contribution >= 0.6 is 11.3 Å². The molecule has 19 heavy (non-hydrogen) atoms. The second-order valence-electron chi connectivity index (χ2n) is 5.86. The van der Waals surface area contributed by atoms with E-state index in [1.54, 1.807) is 0 Å². The number of hydrogen-bond donors (Lipinski definition) is 2. The van der Waals surface area contributed by atoms with Gasteiger partial charge in [-0.2, -0.15) is 0 Å². The molecule has 0 atom stereocenters. The van der Waals surface area contributed by atoms with Crippen LogP contribution in [-0.2, 0) is 6.42 Å². The first-order chi connectivity index (χ1) is 9.02. The number of thiazole rings is 1. The van der Waals surface area contributed by atoms with Gasteiger partial charge in [0.25, 0.3) is 5.91 Å². The van der Waals surface area contributed by atoms with Crippen molar-refractivity contribution in [3.63, 3.8) is 0 Å². The van der Waals surface area contributed by atoms with Crippen LogP contribution in [0.1, 0.15) is 55.0 Å². The number of hydrogen-bond acceptors (Lipinski definition) is 4. The number of carbonyl (C=O) groups excluding carboxylic acids is 1. The number of amides is 1. The van der Waals surface area contributed by atoms with Gasteiger partial charge in [-0.25, -0.2) is 4.98 Å². The highest BCUT2D eigenvalue weighted by Gasteiger charge is 2.31. The molecule has 106 valence electrons. The lowest BCUT2D eigenvalue weighted by Crippen LogP contribution is -2.48. The zero-order valence-electron chi connectivity index (χ0n) is 11.7. The van der Waals surface area contributed by atoms with Crippen molar-refractivity contribution in [3.05, 3.63) is 16.1 Å². The predicted molar refractivity (Wildman–Crippen MR) is 78.4 cm³/mol. The highest BCUT2D eigenvalue weighted by atomic mass is 32.1. The largest absolute Gasteiger partial charge is 0.346 e. The van der Waals surface area contributed by atoms with Crippen LogP contribution in [0.3, 0.4) is 0 Å². The zero-order valence-corrected chi connectivity index (χ0v) is 12.6. The van der Waals surface area contributed by atoms with Crippen molar-refractivity contribution in [2.45, 2.75) is 51.5 Å². The quantitative estimate of drug-likeness (QED) is 0.890. The number of aromatic nitrogens is 1. The van der Waals surface area contributed by atoms with Gasteiger partial charge < -0.3 is 11.1 Å². The summed E-state index contributed by atoms with van der Waals surface area (Å²) in [6, 6.07) is 0. The van der Waals surface area contributed by atoms with E-state index >= 15 is 0 Å². The van der Waals surface area contributed by atoms with Crippen LogP contribution in [0.2, 0.25) is 0 Å². The Morgan fingerprint density at radius 2 is 2.26 bits per heavy atom. The minimum atomic E-state index is -0.0682. The van der Waals surface area contributed by atoms with Crippen molar-refractivity contribution < 1.29 is 4.79 Å². The lowest BCUT2D eigenvalue weighted by atomic mass is 9.78. The molecule has 1 saturated carbocycles. The van der Waals surface area contributed by atoms with Gasteiger partial charge in [-0.1, -0.05) is 6.92 Å². The normalized spacial score (nSPS) is 27.2. The smallest absolute Gasteiger partial charge is 0.271 e. The molecule has 1 aromatic rings. The first kappa shape index (κ1) is 14.5. The molecule has 1 aromatic heterocycles. The van der Waals surface area contributed by atoms with Crippen LogP contribution in [0.25, 0.3) is 0 Å². The van der Waals surface area contributed by atoms with Gasteiger partial charge in [0.2, 0.25) is 0 Å². The van der Waals surface area contributed by atoms with Gasteiger partial charge in [0.1, 0.15) is 5.69 Å². The van der Waals surface area contributed by atoms with E-state index in [-0.39, 0.29) is 11.4 Å². The van der Waals surface area contributed by atoms with Gasteiger partial charge in [0.05, 0.1) is 5.01 Å². The topological polar surface area (TPSA) is 68.0 Å². The highest BCUT2D eigenvalue weighted by molar-refractivity contribution is 7.09. The minimum Gasteiger partial charge on any atom is -0.346 e. The van der Waals surface area contributed by atoms with Gasteiger partial charge in [-0.3, -0.25) is 4.79 Å². The van der Waals surface area contributed by atoms with E-state index in [1.165, 1.54) is 24.2 Å². The molecule has 1 heterocycles. The molecule has 4 nitrogen and oxygen atoms in total. The third kappa shape index (κ3) is 3.76. The standard InChI is InChI=1S/C14H23N3OS/c1-10-3-6-14(2,7-4-10)17-13(18)11-9-19-12(16-11)5-8-15/h9-10H,3-8,15H2,1-2H3,(H,17,18). The first-order valence-corrected chi connectivity index (χ1v) is 7.87. The second-order valence-corrected chi connectivity index (χ2v) is 6.81. The number of rotatable bonds is 4. The van der Waals surface area contributed by atoms with E-state index in [1.807, 2.05) is 5.38 Å². The Balaban J connectivity index is 1.96. The summed E-state index contributed by atoms with van der Waals surface area (Å²) in [5, 5.41) is 5.93. The summed E-state index contributed by atoms with van der Waals surface area (Å²) < 4.78 is 0. The summed E-state index contributed by atoms with van der Waals surface area (Å²) in [7, 11) is 0. The van der Waals surface area contributed by atoms with Crippen molar-refractivity contribution >= 4 is 17.2 Å². The Morgan fingerprint density at radius 1 is 1.58 bits per heavy atom. The number of nitrogens with one attached hydrogen (secondary N) is 1. The lowest BCUT2D eigenvalue weighted by Gasteiger charge is -2.36. The zero-order chi connectivity index (χ0) is 13.9. The van der Waals surface area contributed by atoms with Gasteiger partial charge in [0, 0.05) is 17.3 Å². The lowest BCUT2D eigenvalue weighted by molar-refractivity contribution is 0.0865. The summed E-state index contributed by atoms with van der Waals surface area (Å²) in [6.07, 6.45) is 5.23. The molecule has 5 heteroatoms. The summed E-state index contributed by atoms with van der Waals surface area (Å²) in [6.45, 7) is 5.00. The van der Waals surface area contributed by atoms with E-state index in [4.69, 9.17) is 5.73 Å². The Hall–Kier alpha value is -0.940. The molecule has 0 unspecified atom stereocenters. The van der Waals surface area contributed by atoms with Crippen LogP contribution in [0.4, 0.5) is 0 Å². The van der Waals surface area contributed by atoms with Crippen molar-refractivity contribution in [1.29, 1.82) is 0 Å². The van der Waals surface area contributed by atoms with Crippen molar-refractivity contribution in [1.82, 2.24) is 10.3 Å². The van der Waals surface area contributed by atoms with Crippen LogP contribution in [0, 0.1) is 5.92 Å². The van der Waals surface area contributed by atoms with E-state index < -0.39 is 0 Å². The van der Waals surface area contributed by atoms with Gasteiger partial charge in [-0.15, -0.1) is 11.3 Å². The Labute approximate surface area is 118 Å². The molecule has 3 N–H and O–H groups in total. The number of nitrogens with two attached hydrogens (primary N) is 1. The van der Waals surface area contributed by atoms with Gasteiger partial charge >= 0.3 is 0 Å². The molecule has 2 rings (SSSR count). The van der Waals surface area contributed by atoms with Crippen molar-refractivity contribution in [2.24, 2.45) is 11.7 Å². The highest BCUT2D eigenvalue weighted by Crippen LogP contribution is 2.31. The maximum absolute atomic E-state index is 12.2. The summed E-state index contributed by atoms with van der Waals surface area (Å²) >= 11 is 1.51. The molecular weight excluding hydrogens is 258 g/mol. The van der Waals surface area contributed by atoms with E-state index in [9.17, 15) is 4.79 Å². The minimum absolute atomic E-state index is 0.0448. The van der Waals surface area contributed by atoms with Crippen molar-refractivity contribution in [3.8, 4) is 0 Å². The Kier molecular flexibility index (Phi) is 4.58. The van der Waals surface area contributed by atoms with Crippen molar-refractivity contribution in [2.75, 3.05) is 6.54 Å². The van der Waals surface area contributed by atoms with Crippen LogP contribution in [0.15, 0.2) is 5.38 Å². The monoisotopic (exact) mass is 281 g/mol. The van der Waals surface area contributed by atoms with E-state index in [0.717, 1.165) is 30.2 Å². The summed E-state index contributed by atoms with van der Waals surface area (Å²) in [4.78, 5) is 16.6. The molecule has 0 aromatic carbocycles. The number of carbonyl (C=O) groups is 1. The van der Waals surface area contributed by atoms with Gasteiger partial charge in [-0.05, 0) is 45.1 Å². The molecule has 1 aliphatic rings. The maximum Gasteiger partial charge on any atom is 0.271 e. The number of nitrogens with zero attached hydrogens (tertiary/aromatic N) is 1. The fraction of sp³-hybridized carbons (Fsp3) is 0.714. The van der Waals surface area contributed by atoms with Crippen LogP contribution in [-0.4, -0.2) is 23.0 Å². The third-order valence-corrected chi connectivity index (χ3v) is 4.84. The SMILES string of the molecule is CC1CCC(C)(NC(=O)c2csc(CCN)n2)CC1. The summed E-state index contributed by atoms with van der Waals surface area (Å²) in [5.74, 6) is 0.733. The Bertz CT molecular complexity index is 436. The fourth-order valence-corrected chi connectivity index (χ4v) is 3.31. The third-order valence-electron chi connectivity index (χ3n) is 3.94. The first-order valence-electron chi connectivity index (χ1n) is 6.99. The Morgan fingerprint density at radius 3 is 2.89 bits per heavy atom. The predicted octanol–water partition coefficient (Wildman–Crippen LogP) is 2.34. The van der Waals surface area contributed by atoms with Gasteiger partial charge in [0.15, 0.2) is 0 Å². The molecule has 0 saturated heterocycles. The molecule has 0 radical (unpaired) electrons. The van der Waals surface area contributed by atoms with E-state index in [0.29, 0.717) is 12.2 Å². The molecule has 0 bridgehead atoms. The molecule has 1 aliphatic carbocycles. The van der Waals surface area contributed by atoms with E-state index in [2.05, 4.69) is 24.1 Å². The molecule has 1 fully saturated rings. The molecule has 1 amide bonds. The molecule has 0 spiro atoms. The molecular formula is C14H23N3OS. The molecule has 0 aliphatic heterocycles. The second kappa shape index (κ2) is 6.01. The maximum atomic E-state index is 12.2. The summed E-state index contributed by atoms with van der Waals surface area (Å²) in [5.41, 5.74) is 5.96. The van der Waals surface area contributed by atoms with Crippen LogP contribution in [0.5, 0.6) is 0 Å². The van der Waals surface area contributed by atoms with Crippen LogP contribution < -0.4 is 11.1 Å². The fourth-order valence-electron chi connectivity index (χ4n) is 2.52.